The fraction of sp³-hybridized carbons (Fsp3) is 0.450. The Kier molecular flexibility index (Phi) is 7.94. The van der Waals surface area contributed by atoms with Crippen molar-refractivity contribution in [3.8, 4) is 0 Å². The molecule has 6 nitrogen and oxygen atoms in total. The molecule has 2 N–H and O–H groups in total. The smallest absolute Gasteiger partial charge is 0.253 e. The van der Waals surface area contributed by atoms with Crippen LogP contribution in [0, 0.1) is 0 Å². The quantitative estimate of drug-likeness (QED) is 0.639. The van der Waals surface area contributed by atoms with Crippen LogP contribution in [0.25, 0.3) is 0 Å². The summed E-state index contributed by atoms with van der Waals surface area (Å²) in [6.45, 7) is 5.01. The van der Waals surface area contributed by atoms with E-state index in [0.717, 1.165) is 37.5 Å². The van der Waals surface area contributed by atoms with Gasteiger partial charge in [0.15, 0.2) is 5.13 Å². The number of halogens is 1. The highest BCUT2D eigenvalue weighted by atomic mass is 35.5. The first-order chi connectivity index (χ1) is 14.0. The summed E-state index contributed by atoms with van der Waals surface area (Å²) >= 11 is 9.27. The maximum absolute atomic E-state index is 12.9. The summed E-state index contributed by atoms with van der Waals surface area (Å²) in [6, 6.07) is 6.17. The van der Waals surface area contributed by atoms with Crippen molar-refractivity contribution in [2.24, 2.45) is 0 Å². The van der Waals surface area contributed by atoms with Crippen molar-refractivity contribution in [2.75, 3.05) is 30.4 Å². The number of benzene rings is 1. The molecule has 0 fully saturated rings. The molecule has 2 heterocycles. The second-order valence-electron chi connectivity index (χ2n) is 6.78. The summed E-state index contributed by atoms with van der Waals surface area (Å²) in [7, 11) is 0. The van der Waals surface area contributed by atoms with E-state index in [4.69, 9.17) is 11.6 Å². The number of fused-ring (bicyclic) bond motifs is 1. The van der Waals surface area contributed by atoms with Crippen molar-refractivity contribution < 1.29 is 9.59 Å². The van der Waals surface area contributed by atoms with Gasteiger partial charge in [0.05, 0.1) is 16.3 Å². The predicted molar refractivity (Wildman–Crippen MR) is 121 cm³/mol. The van der Waals surface area contributed by atoms with Crippen molar-refractivity contribution in [3.05, 3.63) is 45.4 Å². The van der Waals surface area contributed by atoms with Crippen molar-refractivity contribution in [3.63, 3.8) is 0 Å². The Hall–Kier alpha value is -1.61. The highest BCUT2D eigenvalue weighted by Crippen LogP contribution is 2.28. The number of amides is 2. The molecule has 156 valence electrons. The van der Waals surface area contributed by atoms with Gasteiger partial charge in [-0.3, -0.25) is 14.5 Å². The third kappa shape index (κ3) is 5.72. The maximum atomic E-state index is 12.9. The third-order valence-electron chi connectivity index (χ3n) is 4.84. The Morgan fingerprint density at radius 1 is 1.38 bits per heavy atom. The summed E-state index contributed by atoms with van der Waals surface area (Å²) in [5, 5.41) is 6.69. The van der Waals surface area contributed by atoms with E-state index >= 15 is 0 Å². The van der Waals surface area contributed by atoms with Crippen LogP contribution in [-0.4, -0.2) is 52.8 Å². The minimum atomic E-state index is -0.653. The van der Waals surface area contributed by atoms with Gasteiger partial charge >= 0.3 is 0 Å². The first-order valence-electron chi connectivity index (χ1n) is 9.58. The normalized spacial score (nSPS) is 14.9. The van der Waals surface area contributed by atoms with Gasteiger partial charge in [0.25, 0.3) is 5.91 Å². The number of nitrogens with zero attached hydrogens (tertiary/aromatic N) is 2. The highest BCUT2D eigenvalue weighted by molar-refractivity contribution is 7.98. The van der Waals surface area contributed by atoms with Crippen LogP contribution in [0.2, 0.25) is 5.02 Å². The van der Waals surface area contributed by atoms with Crippen LogP contribution in [0.1, 0.15) is 34.3 Å². The lowest BCUT2D eigenvalue weighted by Gasteiger charge is -2.23. The van der Waals surface area contributed by atoms with Crippen molar-refractivity contribution in [1.29, 1.82) is 0 Å². The highest BCUT2D eigenvalue weighted by Gasteiger charge is 2.25. The van der Waals surface area contributed by atoms with E-state index in [1.807, 2.05) is 6.26 Å². The Balaban J connectivity index is 1.69. The molecular formula is C20H25ClN4O2S2. The zero-order chi connectivity index (χ0) is 20.8. The van der Waals surface area contributed by atoms with Crippen LogP contribution in [0.5, 0.6) is 0 Å². The summed E-state index contributed by atoms with van der Waals surface area (Å²) in [6.07, 6.45) is 3.39. The number of carbonyl (C=O) groups excluding carboxylic acids is 2. The van der Waals surface area contributed by atoms with Crippen LogP contribution in [0.4, 0.5) is 5.13 Å². The van der Waals surface area contributed by atoms with Crippen molar-refractivity contribution in [1.82, 2.24) is 15.2 Å². The molecule has 1 aliphatic heterocycles. The summed E-state index contributed by atoms with van der Waals surface area (Å²) in [5.74, 6) is 0.146. The van der Waals surface area contributed by atoms with Gasteiger partial charge in [-0.2, -0.15) is 11.8 Å². The number of carbonyl (C=O) groups is 2. The zero-order valence-electron chi connectivity index (χ0n) is 16.5. The second kappa shape index (κ2) is 10.4. The van der Waals surface area contributed by atoms with E-state index in [9.17, 15) is 9.59 Å². The van der Waals surface area contributed by atoms with Gasteiger partial charge in [-0.15, -0.1) is 11.3 Å². The van der Waals surface area contributed by atoms with Gasteiger partial charge in [-0.1, -0.05) is 30.7 Å². The number of thioether (sulfide) groups is 1. The molecule has 0 bridgehead atoms. The van der Waals surface area contributed by atoms with E-state index in [-0.39, 0.29) is 11.8 Å². The number of nitrogens with one attached hydrogen (secondary N) is 2. The largest absolute Gasteiger partial charge is 0.340 e. The molecule has 1 aliphatic rings. The van der Waals surface area contributed by atoms with Gasteiger partial charge in [0.1, 0.15) is 6.04 Å². The van der Waals surface area contributed by atoms with E-state index in [0.29, 0.717) is 22.1 Å². The molecule has 9 heteroatoms. The first-order valence-corrected chi connectivity index (χ1v) is 12.2. The van der Waals surface area contributed by atoms with Gasteiger partial charge in [0, 0.05) is 24.4 Å². The second-order valence-corrected chi connectivity index (χ2v) is 9.26. The van der Waals surface area contributed by atoms with Crippen molar-refractivity contribution >= 4 is 51.6 Å². The van der Waals surface area contributed by atoms with E-state index in [2.05, 4.69) is 27.4 Å². The lowest BCUT2D eigenvalue weighted by atomic mass is 10.1. The standard InChI is InChI=1S/C20H25ClN4O2S2/c1-3-25-10-8-15-17(12-25)29-20(23-15)24-19(27)16(9-11-28-2)22-18(26)13-6-4-5-7-14(13)21/h4-7,16H,3,8-12H2,1-2H3,(H,22,26)(H,23,24,27). The zero-order valence-corrected chi connectivity index (χ0v) is 18.9. The first kappa shape index (κ1) is 22.1. The van der Waals surface area contributed by atoms with Gasteiger partial charge < -0.3 is 10.6 Å². The molecule has 29 heavy (non-hydrogen) atoms. The monoisotopic (exact) mass is 452 g/mol. The number of hydrogen-bond donors (Lipinski definition) is 2. The summed E-state index contributed by atoms with van der Waals surface area (Å²) in [5.41, 5.74) is 1.43. The molecule has 2 amide bonds. The number of rotatable bonds is 8. The molecule has 1 unspecified atom stereocenters. The van der Waals surface area contributed by atoms with Crippen LogP contribution in [-0.2, 0) is 17.8 Å². The topological polar surface area (TPSA) is 74.3 Å². The minimum Gasteiger partial charge on any atom is -0.340 e. The number of aromatic nitrogens is 1. The SMILES string of the molecule is CCN1CCc2nc(NC(=O)C(CCSC)NC(=O)c3ccccc3Cl)sc2C1. The maximum Gasteiger partial charge on any atom is 0.253 e. The van der Waals surface area contributed by atoms with E-state index < -0.39 is 6.04 Å². The molecule has 0 radical (unpaired) electrons. The molecule has 3 rings (SSSR count). The lowest BCUT2D eigenvalue weighted by molar-refractivity contribution is -0.118. The van der Waals surface area contributed by atoms with E-state index in [1.165, 1.54) is 16.2 Å². The average molecular weight is 453 g/mol. The van der Waals surface area contributed by atoms with Crippen LogP contribution in [0.15, 0.2) is 24.3 Å². The minimum absolute atomic E-state index is 0.252. The Labute approximate surface area is 184 Å². The Morgan fingerprint density at radius 3 is 2.90 bits per heavy atom. The Bertz CT molecular complexity index is 874. The van der Waals surface area contributed by atoms with Crippen LogP contribution < -0.4 is 10.6 Å². The number of hydrogen-bond acceptors (Lipinski definition) is 6. The summed E-state index contributed by atoms with van der Waals surface area (Å²) in [4.78, 5) is 33.7. The predicted octanol–water partition coefficient (Wildman–Crippen LogP) is 3.66. The molecule has 1 aromatic carbocycles. The molecule has 0 saturated carbocycles. The third-order valence-corrected chi connectivity index (χ3v) is 6.81. The van der Waals surface area contributed by atoms with Gasteiger partial charge in [-0.25, -0.2) is 4.98 Å². The molecule has 1 atom stereocenters. The van der Waals surface area contributed by atoms with Gasteiger partial charge in [-0.05, 0) is 37.1 Å². The molecule has 0 aliphatic carbocycles. The molecule has 2 aromatic rings. The fourth-order valence-corrected chi connectivity index (χ4v) is 4.90. The summed E-state index contributed by atoms with van der Waals surface area (Å²) < 4.78 is 0. The Morgan fingerprint density at radius 2 is 2.17 bits per heavy atom. The number of anilines is 1. The van der Waals surface area contributed by atoms with Gasteiger partial charge in [0.2, 0.25) is 5.91 Å². The molecule has 0 spiro atoms. The number of thiazole rings is 1. The van der Waals surface area contributed by atoms with E-state index in [1.54, 1.807) is 36.0 Å². The molecule has 1 aromatic heterocycles. The fourth-order valence-electron chi connectivity index (χ4n) is 3.15. The average Bonchev–Trinajstić information content (AvgIpc) is 3.12. The van der Waals surface area contributed by atoms with Crippen LogP contribution >= 0.6 is 34.7 Å². The van der Waals surface area contributed by atoms with Crippen molar-refractivity contribution in [2.45, 2.75) is 32.4 Å². The van der Waals surface area contributed by atoms with Crippen LogP contribution in [0.3, 0.4) is 0 Å². The molecule has 0 saturated heterocycles. The molecular weight excluding hydrogens is 428 g/mol. The lowest BCUT2D eigenvalue weighted by Crippen LogP contribution is -2.44. The number of likely N-dealkylation sites (N-methyl/N-ethyl adjacent to an activating group) is 1.